The van der Waals surface area contributed by atoms with Crippen LogP contribution in [0.3, 0.4) is 0 Å². The summed E-state index contributed by atoms with van der Waals surface area (Å²) >= 11 is 0. The zero-order valence-electron chi connectivity index (χ0n) is 9.94. The van der Waals surface area contributed by atoms with E-state index < -0.39 is 16.9 Å². The summed E-state index contributed by atoms with van der Waals surface area (Å²) in [6.45, 7) is 14.0. The maximum absolute atomic E-state index is 6.03. The zero-order chi connectivity index (χ0) is 10.5. The van der Waals surface area contributed by atoms with E-state index in [1.54, 1.807) is 0 Å². The van der Waals surface area contributed by atoms with Crippen molar-refractivity contribution in [2.45, 2.75) is 52.5 Å². The molecule has 0 bridgehead atoms. The van der Waals surface area contributed by atoms with Crippen LogP contribution in [0, 0.1) is 0 Å². The molecule has 0 spiro atoms. The third kappa shape index (κ3) is 8.68. The second-order valence-electron chi connectivity index (χ2n) is 4.82. The SMILES string of the molecule is CCCCO[Si](C)(C)O[Si](C)(C)C. The minimum absolute atomic E-state index is 0.861. The van der Waals surface area contributed by atoms with Crippen molar-refractivity contribution in [3.63, 3.8) is 0 Å². The second-order valence-corrected chi connectivity index (χ2v) is 12.9. The van der Waals surface area contributed by atoms with Crippen molar-refractivity contribution < 1.29 is 8.54 Å². The van der Waals surface area contributed by atoms with E-state index in [4.69, 9.17) is 8.54 Å². The minimum atomic E-state index is -1.81. The summed E-state index contributed by atoms with van der Waals surface area (Å²) in [5.74, 6) is 0. The highest BCUT2D eigenvalue weighted by molar-refractivity contribution is 6.81. The van der Waals surface area contributed by atoms with E-state index in [1.807, 2.05) is 0 Å². The van der Waals surface area contributed by atoms with Gasteiger partial charge in [0.2, 0.25) is 0 Å². The predicted octanol–water partition coefficient (Wildman–Crippen LogP) is 3.36. The molecule has 80 valence electrons. The van der Waals surface area contributed by atoms with Gasteiger partial charge in [-0.15, -0.1) is 0 Å². The van der Waals surface area contributed by atoms with Gasteiger partial charge in [0.15, 0.2) is 8.32 Å². The van der Waals surface area contributed by atoms with Gasteiger partial charge in [-0.05, 0) is 39.2 Å². The largest absolute Gasteiger partial charge is 0.436 e. The maximum Gasteiger partial charge on any atom is 0.321 e. The van der Waals surface area contributed by atoms with E-state index in [0.717, 1.165) is 13.0 Å². The fourth-order valence-electron chi connectivity index (χ4n) is 1.23. The smallest absolute Gasteiger partial charge is 0.321 e. The lowest BCUT2D eigenvalue weighted by atomic mass is 10.4. The van der Waals surface area contributed by atoms with Crippen molar-refractivity contribution in [2.75, 3.05) is 6.61 Å². The zero-order valence-corrected chi connectivity index (χ0v) is 11.9. The summed E-state index contributed by atoms with van der Waals surface area (Å²) in [5.41, 5.74) is 0. The molecule has 0 amide bonds. The molecule has 0 heterocycles. The van der Waals surface area contributed by atoms with Crippen molar-refractivity contribution >= 4 is 16.9 Å². The monoisotopic (exact) mass is 220 g/mol. The van der Waals surface area contributed by atoms with Gasteiger partial charge in [0.1, 0.15) is 0 Å². The number of unbranched alkanes of at least 4 members (excludes halogenated alkanes) is 1. The average Bonchev–Trinajstić information content (AvgIpc) is 1.81. The Morgan fingerprint density at radius 2 is 1.54 bits per heavy atom. The van der Waals surface area contributed by atoms with Gasteiger partial charge in [0, 0.05) is 6.61 Å². The van der Waals surface area contributed by atoms with Crippen LogP contribution in [0.2, 0.25) is 32.7 Å². The molecule has 0 aliphatic rings. The molecule has 0 unspecified atom stereocenters. The van der Waals surface area contributed by atoms with E-state index in [-0.39, 0.29) is 0 Å². The first-order valence-corrected chi connectivity index (χ1v) is 11.3. The lowest BCUT2D eigenvalue weighted by Gasteiger charge is -2.30. The third-order valence-electron chi connectivity index (χ3n) is 1.50. The van der Waals surface area contributed by atoms with Crippen LogP contribution >= 0.6 is 0 Å². The molecule has 0 atom stereocenters. The topological polar surface area (TPSA) is 18.5 Å². The van der Waals surface area contributed by atoms with Crippen LogP contribution < -0.4 is 0 Å². The van der Waals surface area contributed by atoms with Gasteiger partial charge in [-0.2, -0.15) is 0 Å². The summed E-state index contributed by atoms with van der Waals surface area (Å²) in [6.07, 6.45) is 2.34. The van der Waals surface area contributed by atoms with Crippen LogP contribution in [0.4, 0.5) is 0 Å². The van der Waals surface area contributed by atoms with Gasteiger partial charge < -0.3 is 8.54 Å². The Hall–Kier alpha value is 0.354. The summed E-state index contributed by atoms with van der Waals surface area (Å²) in [6, 6.07) is 0. The quantitative estimate of drug-likeness (QED) is 0.505. The fourth-order valence-corrected chi connectivity index (χ4v) is 8.00. The molecule has 13 heavy (non-hydrogen) atoms. The van der Waals surface area contributed by atoms with Crippen LogP contribution in [0.15, 0.2) is 0 Å². The minimum Gasteiger partial charge on any atom is -0.436 e. The molecule has 0 N–H and O–H groups in total. The highest BCUT2D eigenvalue weighted by Gasteiger charge is 2.31. The first kappa shape index (κ1) is 13.4. The average molecular weight is 220 g/mol. The van der Waals surface area contributed by atoms with Crippen LogP contribution in [0.25, 0.3) is 0 Å². The fraction of sp³-hybridized carbons (Fsp3) is 1.00. The number of hydrogen-bond donors (Lipinski definition) is 0. The maximum atomic E-state index is 6.03. The van der Waals surface area contributed by atoms with Crippen LogP contribution in [0.1, 0.15) is 19.8 Å². The van der Waals surface area contributed by atoms with Crippen molar-refractivity contribution in [1.82, 2.24) is 0 Å². The molecule has 0 aromatic heterocycles. The molecule has 4 heteroatoms. The van der Waals surface area contributed by atoms with Gasteiger partial charge >= 0.3 is 8.56 Å². The van der Waals surface area contributed by atoms with E-state index >= 15 is 0 Å². The Morgan fingerprint density at radius 1 is 1.00 bits per heavy atom. The van der Waals surface area contributed by atoms with Crippen molar-refractivity contribution in [2.24, 2.45) is 0 Å². The van der Waals surface area contributed by atoms with Crippen molar-refractivity contribution in [1.29, 1.82) is 0 Å². The molecule has 0 radical (unpaired) electrons. The van der Waals surface area contributed by atoms with Gasteiger partial charge in [-0.1, -0.05) is 13.3 Å². The molecular formula is C9H24O2Si2. The predicted molar refractivity (Wildman–Crippen MR) is 62.8 cm³/mol. The molecule has 0 aliphatic carbocycles. The Morgan fingerprint density at radius 3 is 1.92 bits per heavy atom. The molecule has 2 nitrogen and oxygen atoms in total. The lowest BCUT2D eigenvalue weighted by molar-refractivity contribution is 0.242. The Bertz CT molecular complexity index is 141. The van der Waals surface area contributed by atoms with Crippen LogP contribution in [0.5, 0.6) is 0 Å². The van der Waals surface area contributed by atoms with Crippen molar-refractivity contribution in [3.8, 4) is 0 Å². The molecule has 0 fully saturated rings. The first-order valence-electron chi connectivity index (χ1n) is 5.11. The highest BCUT2D eigenvalue weighted by Crippen LogP contribution is 2.15. The Kier molecular flexibility index (Phi) is 5.43. The Labute approximate surface area is 85.0 Å². The van der Waals surface area contributed by atoms with Gasteiger partial charge in [-0.3, -0.25) is 0 Å². The summed E-state index contributed by atoms with van der Waals surface area (Å²) in [7, 11) is -3.23. The van der Waals surface area contributed by atoms with Crippen LogP contribution in [-0.2, 0) is 8.54 Å². The third-order valence-corrected chi connectivity index (χ3v) is 6.81. The molecule has 0 saturated heterocycles. The summed E-state index contributed by atoms with van der Waals surface area (Å²) in [5, 5.41) is 0. The molecule has 0 aromatic rings. The standard InChI is InChI=1S/C9H24O2Si2/c1-7-8-9-10-13(5,6)11-12(2,3)4/h7-9H2,1-6H3. The van der Waals surface area contributed by atoms with E-state index in [0.29, 0.717) is 0 Å². The van der Waals surface area contributed by atoms with E-state index in [1.165, 1.54) is 6.42 Å². The summed E-state index contributed by atoms with van der Waals surface area (Å²) < 4.78 is 11.8. The molecule has 0 aliphatic heterocycles. The Balaban J connectivity index is 3.80. The number of hydrogen-bond acceptors (Lipinski definition) is 2. The number of rotatable bonds is 6. The molecular weight excluding hydrogens is 196 g/mol. The summed E-state index contributed by atoms with van der Waals surface area (Å²) in [4.78, 5) is 0. The lowest BCUT2D eigenvalue weighted by Crippen LogP contribution is -2.44. The van der Waals surface area contributed by atoms with Gasteiger partial charge in [-0.25, -0.2) is 0 Å². The first-order chi connectivity index (χ1) is 5.77. The van der Waals surface area contributed by atoms with Crippen LogP contribution in [-0.4, -0.2) is 23.5 Å². The van der Waals surface area contributed by atoms with E-state index in [9.17, 15) is 0 Å². The van der Waals surface area contributed by atoms with Crippen molar-refractivity contribution in [3.05, 3.63) is 0 Å². The molecule has 0 rings (SSSR count). The van der Waals surface area contributed by atoms with Gasteiger partial charge in [0.25, 0.3) is 0 Å². The highest BCUT2D eigenvalue weighted by atomic mass is 28.4. The normalized spacial score (nSPS) is 13.4. The van der Waals surface area contributed by atoms with E-state index in [2.05, 4.69) is 39.7 Å². The molecule has 0 saturated carbocycles. The van der Waals surface area contributed by atoms with Gasteiger partial charge in [0.05, 0.1) is 0 Å². The second kappa shape index (κ2) is 5.29. The molecule has 0 aromatic carbocycles.